The van der Waals surface area contributed by atoms with E-state index in [1.54, 1.807) is 0 Å². The molecular weight excluding hydrogens is 150 g/mol. The Hall–Kier alpha value is 0.820. The molecule has 0 heterocycles. The molecular formula is C6H19OP2+. The van der Waals surface area contributed by atoms with E-state index in [4.69, 9.17) is 5.11 Å². The van der Waals surface area contributed by atoms with Crippen molar-refractivity contribution < 1.29 is 5.11 Å². The van der Waals surface area contributed by atoms with Gasteiger partial charge in [-0.3, -0.25) is 0 Å². The first-order chi connectivity index (χ1) is 3.42. The van der Waals surface area contributed by atoms with Crippen molar-refractivity contribution in [1.29, 1.82) is 0 Å². The van der Waals surface area contributed by atoms with Gasteiger partial charge in [-0.25, -0.2) is 0 Å². The molecule has 1 nitrogen and oxygen atoms in total. The van der Waals surface area contributed by atoms with Crippen LogP contribution in [0.1, 0.15) is 6.92 Å². The number of hydrogen-bond donors (Lipinski definition) is 1. The highest BCUT2D eigenvalue weighted by atomic mass is 31.2. The third-order valence-electron chi connectivity index (χ3n) is 0.812. The monoisotopic (exact) mass is 169 g/mol. The van der Waals surface area contributed by atoms with Gasteiger partial charge in [-0.05, 0) is 6.92 Å². The van der Waals surface area contributed by atoms with Crippen molar-refractivity contribution in [2.45, 2.75) is 13.0 Å². The highest BCUT2D eigenvalue weighted by molar-refractivity contribution is 7.73. The summed E-state index contributed by atoms with van der Waals surface area (Å²) in [5, 5.41) is 8.92. The fraction of sp³-hybridized carbons (Fsp3) is 1.00. The Morgan fingerprint density at radius 1 is 1.33 bits per heavy atom. The second-order valence-corrected chi connectivity index (χ2v) is 8.27. The summed E-state index contributed by atoms with van der Waals surface area (Å²) in [6, 6.07) is 0. The van der Waals surface area contributed by atoms with Gasteiger partial charge in [0.1, 0.15) is 0 Å². The van der Waals surface area contributed by atoms with Gasteiger partial charge in [0.25, 0.3) is 0 Å². The van der Waals surface area contributed by atoms with Crippen LogP contribution in [0.3, 0.4) is 0 Å². The quantitative estimate of drug-likeness (QED) is 0.618. The van der Waals surface area contributed by atoms with E-state index in [0.717, 1.165) is 6.16 Å². The van der Waals surface area contributed by atoms with Crippen molar-refractivity contribution in [3.8, 4) is 0 Å². The summed E-state index contributed by atoms with van der Waals surface area (Å²) < 4.78 is 0. The van der Waals surface area contributed by atoms with Gasteiger partial charge in [-0.2, -0.15) is 9.90 Å². The zero-order chi connectivity index (χ0) is 6.78. The van der Waals surface area contributed by atoms with E-state index in [1.165, 1.54) is 0 Å². The van der Waals surface area contributed by atoms with Gasteiger partial charge in [0.05, 0.1) is 12.3 Å². The minimum Gasteiger partial charge on any atom is -0.390 e. The summed E-state index contributed by atoms with van der Waals surface area (Å²) in [7, 11) is -0.722. The van der Waals surface area contributed by atoms with Crippen molar-refractivity contribution in [1.82, 2.24) is 0 Å². The van der Waals surface area contributed by atoms with Gasteiger partial charge in [0.15, 0.2) is 0 Å². The summed E-state index contributed by atoms with van der Waals surface area (Å²) in [4.78, 5) is 0. The van der Waals surface area contributed by atoms with E-state index in [-0.39, 0.29) is 16.0 Å². The Morgan fingerprint density at radius 3 is 1.67 bits per heavy atom. The molecule has 0 spiro atoms. The molecule has 2 atom stereocenters. The van der Waals surface area contributed by atoms with Crippen LogP contribution in [0.25, 0.3) is 0 Å². The molecule has 0 amide bonds. The minimum absolute atomic E-state index is 0. The number of rotatable bonds is 2. The maximum absolute atomic E-state index is 8.92. The zero-order valence-electron chi connectivity index (χ0n) is 6.89. The Bertz CT molecular complexity index is 65.9. The van der Waals surface area contributed by atoms with Crippen LogP contribution in [0.5, 0.6) is 0 Å². The summed E-state index contributed by atoms with van der Waals surface area (Å²) in [5.41, 5.74) is 0. The van der Waals surface area contributed by atoms with Crippen molar-refractivity contribution in [3.05, 3.63) is 0 Å². The third-order valence-corrected chi connectivity index (χ3v) is 2.44. The molecule has 2 unspecified atom stereocenters. The van der Waals surface area contributed by atoms with Crippen LogP contribution in [0.15, 0.2) is 0 Å². The van der Waals surface area contributed by atoms with Gasteiger partial charge in [0, 0.05) is 27.3 Å². The first-order valence-electron chi connectivity index (χ1n) is 2.90. The van der Waals surface area contributed by atoms with Crippen molar-refractivity contribution in [3.63, 3.8) is 0 Å². The van der Waals surface area contributed by atoms with E-state index in [1.807, 2.05) is 6.92 Å². The topological polar surface area (TPSA) is 20.2 Å². The van der Waals surface area contributed by atoms with Crippen LogP contribution in [-0.2, 0) is 0 Å². The van der Waals surface area contributed by atoms with Crippen LogP contribution >= 0.6 is 17.2 Å². The summed E-state index contributed by atoms with van der Waals surface area (Å²) in [5.74, 6) is 0. The number of aliphatic hydroxyl groups is 1. The second kappa shape index (κ2) is 4.61. The molecule has 0 rings (SSSR count). The standard InChI is InChI=1S/C6H16OP.H3P/c1-6(7)5-8(2,3)4;/h6-7H,5H2,1-4H3;1H3/q+1;. The first kappa shape index (κ1) is 12.5. The Kier molecular flexibility index (Phi) is 6.39. The van der Waals surface area contributed by atoms with E-state index in [0.29, 0.717) is 0 Å². The molecule has 0 aliphatic carbocycles. The molecule has 3 heteroatoms. The highest BCUT2D eigenvalue weighted by Gasteiger charge is 2.19. The molecule has 0 aliphatic rings. The third kappa shape index (κ3) is 12.1. The van der Waals surface area contributed by atoms with Gasteiger partial charge in [-0.15, -0.1) is 0 Å². The molecule has 0 aliphatic heterocycles. The van der Waals surface area contributed by atoms with E-state index < -0.39 is 7.26 Å². The Morgan fingerprint density at radius 2 is 1.67 bits per heavy atom. The Labute approximate surface area is 62.2 Å². The van der Waals surface area contributed by atoms with Crippen molar-refractivity contribution in [2.24, 2.45) is 0 Å². The number of aliphatic hydroxyl groups excluding tert-OH is 1. The van der Waals surface area contributed by atoms with E-state index in [9.17, 15) is 0 Å². The lowest BCUT2D eigenvalue weighted by Gasteiger charge is -2.12. The molecule has 1 N–H and O–H groups in total. The van der Waals surface area contributed by atoms with Crippen LogP contribution in [-0.4, -0.2) is 37.4 Å². The van der Waals surface area contributed by atoms with Crippen LogP contribution in [0.2, 0.25) is 0 Å². The average Bonchev–Trinajstić information content (AvgIpc) is 1.21. The molecule has 9 heavy (non-hydrogen) atoms. The van der Waals surface area contributed by atoms with Gasteiger partial charge >= 0.3 is 0 Å². The molecule has 0 radical (unpaired) electrons. The van der Waals surface area contributed by atoms with E-state index >= 15 is 0 Å². The fourth-order valence-electron chi connectivity index (χ4n) is 0.793. The molecule has 0 saturated carbocycles. The summed E-state index contributed by atoms with van der Waals surface area (Å²) in [6.45, 7) is 8.56. The highest BCUT2D eigenvalue weighted by Crippen LogP contribution is 2.46. The largest absolute Gasteiger partial charge is 0.390 e. The van der Waals surface area contributed by atoms with Gasteiger partial charge in [-0.1, -0.05) is 0 Å². The smallest absolute Gasteiger partial charge is 0.0846 e. The van der Waals surface area contributed by atoms with Gasteiger partial charge in [0.2, 0.25) is 0 Å². The molecule has 0 fully saturated rings. The summed E-state index contributed by atoms with van der Waals surface area (Å²) in [6.07, 6.45) is 0.885. The normalized spacial score (nSPS) is 14.3. The first-order valence-corrected chi connectivity index (χ1v) is 6.22. The predicted octanol–water partition coefficient (Wildman–Crippen LogP) is 1.33. The SMILES string of the molecule is CC(O)C[P+](C)(C)C.P. The van der Waals surface area contributed by atoms with E-state index in [2.05, 4.69) is 20.0 Å². The predicted molar refractivity (Wildman–Crippen MR) is 52.3 cm³/mol. The van der Waals surface area contributed by atoms with Gasteiger partial charge < -0.3 is 5.11 Å². The molecule has 0 aromatic rings. The van der Waals surface area contributed by atoms with Crippen LogP contribution in [0, 0.1) is 0 Å². The minimum atomic E-state index is -0.722. The molecule has 0 aromatic carbocycles. The molecule has 0 bridgehead atoms. The number of hydrogen-bond acceptors (Lipinski definition) is 1. The van der Waals surface area contributed by atoms with Crippen molar-refractivity contribution in [2.75, 3.05) is 26.2 Å². The molecule has 0 aromatic heterocycles. The second-order valence-electron chi connectivity index (χ2n) is 3.32. The maximum Gasteiger partial charge on any atom is 0.0846 e. The van der Waals surface area contributed by atoms with Crippen LogP contribution < -0.4 is 0 Å². The lowest BCUT2D eigenvalue weighted by Crippen LogP contribution is -2.08. The van der Waals surface area contributed by atoms with Crippen molar-refractivity contribution >= 4 is 17.2 Å². The Balaban J connectivity index is 0. The van der Waals surface area contributed by atoms with Crippen LogP contribution in [0.4, 0.5) is 0 Å². The lowest BCUT2D eigenvalue weighted by atomic mass is 10.5. The summed E-state index contributed by atoms with van der Waals surface area (Å²) >= 11 is 0. The fourth-order valence-corrected chi connectivity index (χ4v) is 2.38. The zero-order valence-corrected chi connectivity index (χ0v) is 9.19. The molecule has 58 valence electrons. The maximum atomic E-state index is 8.92. The average molecular weight is 169 g/mol. The lowest BCUT2D eigenvalue weighted by molar-refractivity contribution is 0.219. The molecule has 0 saturated heterocycles.